The summed E-state index contributed by atoms with van der Waals surface area (Å²) >= 11 is 0. The zero-order valence-corrected chi connectivity index (χ0v) is 15.6. The number of rotatable bonds is 3. The van der Waals surface area contributed by atoms with Gasteiger partial charge in [-0.15, -0.1) is 0 Å². The second-order valence-corrected chi connectivity index (χ2v) is 6.83. The molecule has 0 fully saturated rings. The standard InChI is InChI=1S/C24H14N2O4/c27-24-22-19(15-6-2-1-3-7-15)14-20(16-10-12-17(13-11-16)26(28)29)25-23(22)18-8-4-5-9-21(18)30-24/h1-14H. The van der Waals surface area contributed by atoms with Gasteiger partial charge in [0.15, 0.2) is 0 Å². The average Bonchev–Trinajstić information content (AvgIpc) is 2.79. The topological polar surface area (TPSA) is 86.2 Å². The van der Waals surface area contributed by atoms with Crippen molar-refractivity contribution >= 4 is 27.6 Å². The largest absolute Gasteiger partial charge is 0.422 e. The molecule has 0 atom stereocenters. The van der Waals surface area contributed by atoms with E-state index in [4.69, 9.17) is 9.40 Å². The van der Waals surface area contributed by atoms with Crippen LogP contribution in [0.4, 0.5) is 5.69 Å². The third-order valence-corrected chi connectivity index (χ3v) is 5.03. The summed E-state index contributed by atoms with van der Waals surface area (Å²) in [7, 11) is 0. The molecule has 5 aromatic rings. The highest BCUT2D eigenvalue weighted by Crippen LogP contribution is 2.33. The predicted molar refractivity (Wildman–Crippen MR) is 115 cm³/mol. The van der Waals surface area contributed by atoms with E-state index in [1.165, 1.54) is 12.1 Å². The smallest absolute Gasteiger partial charge is 0.346 e. The molecule has 6 heteroatoms. The third kappa shape index (κ3) is 2.91. The van der Waals surface area contributed by atoms with Crippen LogP contribution in [0.5, 0.6) is 0 Å². The van der Waals surface area contributed by atoms with Gasteiger partial charge in [0.25, 0.3) is 5.69 Å². The van der Waals surface area contributed by atoms with Gasteiger partial charge in [0.1, 0.15) is 5.58 Å². The third-order valence-electron chi connectivity index (χ3n) is 5.03. The van der Waals surface area contributed by atoms with Gasteiger partial charge in [0.2, 0.25) is 0 Å². The molecule has 2 aromatic heterocycles. The lowest BCUT2D eigenvalue weighted by Gasteiger charge is -2.11. The Morgan fingerprint density at radius 1 is 0.833 bits per heavy atom. The molecule has 0 unspecified atom stereocenters. The molecule has 5 rings (SSSR count). The molecule has 0 aliphatic rings. The molecule has 144 valence electrons. The van der Waals surface area contributed by atoms with Crippen molar-refractivity contribution in [3.8, 4) is 22.4 Å². The van der Waals surface area contributed by atoms with Crippen molar-refractivity contribution in [2.45, 2.75) is 0 Å². The van der Waals surface area contributed by atoms with Crippen LogP contribution in [0.15, 0.2) is 94.1 Å². The van der Waals surface area contributed by atoms with Crippen molar-refractivity contribution in [3.05, 3.63) is 105 Å². The van der Waals surface area contributed by atoms with E-state index in [1.54, 1.807) is 24.3 Å². The van der Waals surface area contributed by atoms with Crippen molar-refractivity contribution in [2.24, 2.45) is 0 Å². The van der Waals surface area contributed by atoms with Gasteiger partial charge in [-0.25, -0.2) is 9.78 Å². The van der Waals surface area contributed by atoms with Gasteiger partial charge >= 0.3 is 5.63 Å². The second kappa shape index (κ2) is 6.93. The summed E-state index contributed by atoms with van der Waals surface area (Å²) in [5.41, 5.74) is 3.45. The lowest BCUT2D eigenvalue weighted by molar-refractivity contribution is -0.384. The van der Waals surface area contributed by atoms with Crippen molar-refractivity contribution in [1.82, 2.24) is 4.98 Å². The minimum absolute atomic E-state index is 0.00826. The van der Waals surface area contributed by atoms with Crippen LogP contribution in [0.3, 0.4) is 0 Å². The Balaban J connectivity index is 1.88. The summed E-state index contributed by atoms with van der Waals surface area (Å²) < 4.78 is 5.55. The van der Waals surface area contributed by atoms with E-state index in [0.717, 1.165) is 16.5 Å². The molecule has 30 heavy (non-hydrogen) atoms. The summed E-state index contributed by atoms with van der Waals surface area (Å²) in [6, 6.07) is 24.8. The first kappa shape index (κ1) is 17.8. The molecule has 0 N–H and O–H groups in total. The minimum Gasteiger partial charge on any atom is -0.422 e. The van der Waals surface area contributed by atoms with Gasteiger partial charge in [0.05, 0.1) is 21.5 Å². The maximum Gasteiger partial charge on any atom is 0.346 e. The van der Waals surface area contributed by atoms with E-state index >= 15 is 0 Å². The number of benzene rings is 3. The molecule has 0 aliphatic heterocycles. The van der Waals surface area contributed by atoms with E-state index < -0.39 is 10.5 Å². The van der Waals surface area contributed by atoms with Crippen LogP contribution in [-0.2, 0) is 0 Å². The van der Waals surface area contributed by atoms with Gasteiger partial charge in [-0.1, -0.05) is 42.5 Å². The molecule has 0 aliphatic carbocycles. The minimum atomic E-state index is -0.453. The number of pyridine rings is 1. The zero-order valence-electron chi connectivity index (χ0n) is 15.6. The van der Waals surface area contributed by atoms with Crippen LogP contribution >= 0.6 is 0 Å². The van der Waals surface area contributed by atoms with Gasteiger partial charge < -0.3 is 4.42 Å². The fraction of sp³-hybridized carbons (Fsp3) is 0. The van der Waals surface area contributed by atoms with E-state index in [1.807, 2.05) is 48.5 Å². The van der Waals surface area contributed by atoms with E-state index in [9.17, 15) is 14.9 Å². The number of nitro groups is 1. The molecule has 0 saturated carbocycles. The molecule has 0 spiro atoms. The first-order chi connectivity index (χ1) is 14.6. The zero-order chi connectivity index (χ0) is 20.7. The SMILES string of the molecule is O=c1oc2ccccc2c2nc(-c3ccc([N+](=O)[O-])cc3)cc(-c3ccccc3)c12. The fourth-order valence-corrected chi connectivity index (χ4v) is 3.60. The summed E-state index contributed by atoms with van der Waals surface area (Å²) in [5, 5.41) is 12.1. The van der Waals surface area contributed by atoms with Crippen molar-refractivity contribution in [3.63, 3.8) is 0 Å². The van der Waals surface area contributed by atoms with Crippen molar-refractivity contribution in [1.29, 1.82) is 0 Å². The molecule has 0 bridgehead atoms. The normalized spacial score (nSPS) is 11.1. The fourth-order valence-electron chi connectivity index (χ4n) is 3.60. The number of non-ortho nitro benzene ring substituents is 1. The number of hydrogen-bond donors (Lipinski definition) is 0. The number of fused-ring (bicyclic) bond motifs is 3. The van der Waals surface area contributed by atoms with Gasteiger partial charge in [-0.2, -0.15) is 0 Å². The Labute approximate surface area is 170 Å². The summed E-state index contributed by atoms with van der Waals surface area (Å²) in [4.78, 5) is 28.2. The molecule has 0 radical (unpaired) electrons. The highest BCUT2D eigenvalue weighted by Gasteiger charge is 2.17. The van der Waals surface area contributed by atoms with Crippen LogP contribution in [-0.4, -0.2) is 9.91 Å². The van der Waals surface area contributed by atoms with Crippen molar-refractivity contribution in [2.75, 3.05) is 0 Å². The highest BCUT2D eigenvalue weighted by molar-refractivity contribution is 6.08. The molecule has 0 saturated heterocycles. The highest BCUT2D eigenvalue weighted by atomic mass is 16.6. The average molecular weight is 394 g/mol. The quantitative estimate of drug-likeness (QED) is 0.172. The van der Waals surface area contributed by atoms with Crippen LogP contribution in [0, 0.1) is 10.1 Å². The number of nitrogens with zero attached hydrogens (tertiary/aromatic N) is 2. The number of aromatic nitrogens is 1. The molecule has 6 nitrogen and oxygen atoms in total. The van der Waals surface area contributed by atoms with Gasteiger partial charge in [-0.3, -0.25) is 10.1 Å². The Morgan fingerprint density at radius 3 is 2.27 bits per heavy atom. The number of hydrogen-bond acceptors (Lipinski definition) is 5. The lowest BCUT2D eigenvalue weighted by atomic mass is 9.98. The monoisotopic (exact) mass is 394 g/mol. The Kier molecular flexibility index (Phi) is 4.10. The molecule has 3 aromatic carbocycles. The van der Waals surface area contributed by atoms with E-state index in [2.05, 4.69) is 0 Å². The Bertz CT molecular complexity index is 1470. The second-order valence-electron chi connectivity index (χ2n) is 6.83. The molecule has 0 amide bonds. The first-order valence-corrected chi connectivity index (χ1v) is 9.29. The lowest BCUT2D eigenvalue weighted by Crippen LogP contribution is -2.04. The summed E-state index contributed by atoms with van der Waals surface area (Å²) in [6.45, 7) is 0. The number of nitro benzene ring substituents is 1. The number of para-hydroxylation sites is 1. The van der Waals surface area contributed by atoms with Crippen LogP contribution in [0.1, 0.15) is 0 Å². The molecular weight excluding hydrogens is 380 g/mol. The van der Waals surface area contributed by atoms with Crippen LogP contribution in [0.25, 0.3) is 44.3 Å². The van der Waals surface area contributed by atoms with Gasteiger partial charge in [0, 0.05) is 28.6 Å². The Morgan fingerprint density at radius 2 is 1.53 bits per heavy atom. The Hall–Kier alpha value is -4.32. The first-order valence-electron chi connectivity index (χ1n) is 9.29. The van der Waals surface area contributed by atoms with E-state index in [0.29, 0.717) is 27.7 Å². The van der Waals surface area contributed by atoms with Gasteiger partial charge in [-0.05, 0) is 35.9 Å². The summed E-state index contributed by atoms with van der Waals surface area (Å²) in [6.07, 6.45) is 0. The summed E-state index contributed by atoms with van der Waals surface area (Å²) in [5.74, 6) is 0. The van der Waals surface area contributed by atoms with Crippen LogP contribution < -0.4 is 5.63 Å². The van der Waals surface area contributed by atoms with Crippen molar-refractivity contribution < 1.29 is 9.34 Å². The van der Waals surface area contributed by atoms with E-state index in [-0.39, 0.29) is 5.69 Å². The predicted octanol–water partition coefficient (Wildman–Crippen LogP) is 5.58. The molecular formula is C24H14N2O4. The maximum atomic E-state index is 12.9. The molecule has 2 heterocycles. The van der Waals surface area contributed by atoms with Crippen LogP contribution in [0.2, 0.25) is 0 Å². The maximum absolute atomic E-state index is 12.9.